The molecule has 1 aliphatic rings. The van der Waals surface area contributed by atoms with Crippen LogP contribution >= 0.6 is 0 Å². The predicted molar refractivity (Wildman–Crippen MR) is 95.6 cm³/mol. The number of likely N-dealkylation sites (tertiary alicyclic amines) is 1. The highest BCUT2D eigenvalue weighted by atomic mass is 19.4. The topological polar surface area (TPSA) is 49.4 Å². The fourth-order valence-electron chi connectivity index (χ4n) is 3.12. The molecule has 28 heavy (non-hydrogen) atoms. The van der Waals surface area contributed by atoms with E-state index in [0.29, 0.717) is 25.2 Å². The standard InChI is InChI=1S/C20H18F4N2O2/c21-16-9-8-13(12-15(16)20(22,23)24)18(27)25-17-7-3-2-6-14(17)19(28)26-10-4-1-5-11-26/h2-3,6-9,12H,1,4-5,10-11H2,(H,25,27). The molecule has 0 radical (unpaired) electrons. The van der Waals surface area contributed by atoms with E-state index in [4.69, 9.17) is 0 Å². The largest absolute Gasteiger partial charge is 0.419 e. The Morgan fingerprint density at radius 3 is 2.32 bits per heavy atom. The number of amides is 2. The van der Waals surface area contributed by atoms with Crippen LogP contribution in [0.3, 0.4) is 0 Å². The maximum absolute atomic E-state index is 13.4. The molecule has 2 aromatic carbocycles. The molecule has 0 saturated carbocycles. The van der Waals surface area contributed by atoms with Crippen molar-refractivity contribution in [2.45, 2.75) is 25.4 Å². The molecule has 0 aliphatic carbocycles. The smallest absolute Gasteiger partial charge is 0.339 e. The van der Waals surface area contributed by atoms with Crippen LogP contribution in [0.25, 0.3) is 0 Å². The Kier molecular flexibility index (Phi) is 5.67. The molecule has 8 heteroatoms. The molecule has 0 spiro atoms. The van der Waals surface area contributed by atoms with Crippen LogP contribution in [0.1, 0.15) is 45.5 Å². The number of benzene rings is 2. The minimum atomic E-state index is -4.91. The number of alkyl halides is 3. The average molecular weight is 394 g/mol. The van der Waals surface area contributed by atoms with Gasteiger partial charge in [0.15, 0.2) is 0 Å². The van der Waals surface area contributed by atoms with Gasteiger partial charge < -0.3 is 10.2 Å². The zero-order chi connectivity index (χ0) is 20.3. The number of para-hydroxylation sites is 1. The van der Waals surface area contributed by atoms with Crippen LogP contribution in [0.5, 0.6) is 0 Å². The molecule has 4 nitrogen and oxygen atoms in total. The number of carbonyl (C=O) groups excluding carboxylic acids is 2. The van der Waals surface area contributed by atoms with Crippen molar-refractivity contribution in [3.63, 3.8) is 0 Å². The first-order valence-corrected chi connectivity index (χ1v) is 8.84. The highest BCUT2D eigenvalue weighted by Gasteiger charge is 2.34. The van der Waals surface area contributed by atoms with E-state index in [1.165, 1.54) is 6.07 Å². The highest BCUT2D eigenvalue weighted by Crippen LogP contribution is 2.32. The van der Waals surface area contributed by atoms with Gasteiger partial charge in [-0.15, -0.1) is 0 Å². The van der Waals surface area contributed by atoms with Crippen LogP contribution in [0.2, 0.25) is 0 Å². The minimum absolute atomic E-state index is 0.195. The molecule has 2 amide bonds. The molecule has 2 aromatic rings. The molecule has 148 valence electrons. The fourth-order valence-corrected chi connectivity index (χ4v) is 3.12. The summed E-state index contributed by atoms with van der Waals surface area (Å²) in [6, 6.07) is 8.33. The first-order chi connectivity index (χ1) is 13.3. The third kappa shape index (κ3) is 4.32. The monoisotopic (exact) mass is 394 g/mol. The summed E-state index contributed by atoms with van der Waals surface area (Å²) >= 11 is 0. The van der Waals surface area contributed by atoms with E-state index >= 15 is 0 Å². The average Bonchev–Trinajstić information content (AvgIpc) is 2.68. The van der Waals surface area contributed by atoms with Gasteiger partial charge in [0.05, 0.1) is 16.8 Å². The van der Waals surface area contributed by atoms with Crippen molar-refractivity contribution in [2.75, 3.05) is 18.4 Å². The lowest BCUT2D eigenvalue weighted by atomic mass is 10.1. The van der Waals surface area contributed by atoms with E-state index < -0.39 is 23.5 Å². The Hall–Kier alpha value is -2.90. The second-order valence-electron chi connectivity index (χ2n) is 6.54. The fraction of sp³-hybridized carbons (Fsp3) is 0.300. The normalized spacial score (nSPS) is 14.6. The summed E-state index contributed by atoms with van der Waals surface area (Å²) < 4.78 is 52.0. The molecular weight excluding hydrogens is 376 g/mol. The number of carbonyl (C=O) groups is 2. The van der Waals surface area contributed by atoms with Gasteiger partial charge in [0, 0.05) is 18.7 Å². The Morgan fingerprint density at radius 2 is 1.64 bits per heavy atom. The van der Waals surface area contributed by atoms with E-state index in [2.05, 4.69) is 5.32 Å². The second kappa shape index (κ2) is 8.00. The van der Waals surface area contributed by atoms with Crippen LogP contribution in [0.4, 0.5) is 23.2 Å². The van der Waals surface area contributed by atoms with Gasteiger partial charge in [-0.1, -0.05) is 12.1 Å². The van der Waals surface area contributed by atoms with Crippen molar-refractivity contribution in [2.24, 2.45) is 0 Å². The van der Waals surface area contributed by atoms with Crippen molar-refractivity contribution in [3.05, 3.63) is 65.0 Å². The van der Waals surface area contributed by atoms with Gasteiger partial charge in [-0.25, -0.2) is 4.39 Å². The molecule has 1 heterocycles. The quantitative estimate of drug-likeness (QED) is 0.766. The Morgan fingerprint density at radius 1 is 0.964 bits per heavy atom. The number of anilines is 1. The van der Waals surface area contributed by atoms with E-state index in [-0.39, 0.29) is 22.7 Å². The number of rotatable bonds is 3. The van der Waals surface area contributed by atoms with E-state index in [9.17, 15) is 27.2 Å². The molecule has 0 atom stereocenters. The van der Waals surface area contributed by atoms with Crippen molar-refractivity contribution in [1.29, 1.82) is 0 Å². The third-order valence-corrected chi connectivity index (χ3v) is 4.58. The number of halogens is 4. The van der Waals surface area contributed by atoms with Gasteiger partial charge in [-0.2, -0.15) is 13.2 Å². The van der Waals surface area contributed by atoms with E-state index in [1.54, 1.807) is 23.1 Å². The number of nitrogens with one attached hydrogen (secondary N) is 1. The Balaban J connectivity index is 1.84. The SMILES string of the molecule is O=C(Nc1ccccc1C(=O)N1CCCCC1)c1ccc(F)c(C(F)(F)F)c1. The lowest BCUT2D eigenvalue weighted by Crippen LogP contribution is -2.36. The van der Waals surface area contributed by atoms with Gasteiger partial charge in [0.25, 0.3) is 11.8 Å². The number of hydrogen-bond donors (Lipinski definition) is 1. The summed E-state index contributed by atoms with van der Waals surface area (Å²) in [5, 5.41) is 2.47. The van der Waals surface area contributed by atoms with Gasteiger partial charge in [0.2, 0.25) is 0 Å². The number of hydrogen-bond acceptors (Lipinski definition) is 2. The molecule has 3 rings (SSSR count). The first kappa shape index (κ1) is 19.9. The lowest BCUT2D eigenvalue weighted by molar-refractivity contribution is -0.140. The minimum Gasteiger partial charge on any atom is -0.339 e. The van der Waals surface area contributed by atoms with Crippen molar-refractivity contribution in [1.82, 2.24) is 4.90 Å². The third-order valence-electron chi connectivity index (χ3n) is 4.58. The van der Waals surface area contributed by atoms with Gasteiger partial charge in [0.1, 0.15) is 5.82 Å². The lowest BCUT2D eigenvalue weighted by Gasteiger charge is -2.27. The number of nitrogens with zero attached hydrogens (tertiary/aromatic N) is 1. The Labute approximate surface area is 159 Å². The molecular formula is C20H18F4N2O2. The molecule has 0 aromatic heterocycles. The predicted octanol–water partition coefficient (Wildman–Crippen LogP) is 4.72. The first-order valence-electron chi connectivity index (χ1n) is 8.84. The summed E-state index contributed by atoms with van der Waals surface area (Å²) in [5.74, 6) is -2.56. The summed E-state index contributed by atoms with van der Waals surface area (Å²) in [4.78, 5) is 26.9. The van der Waals surface area contributed by atoms with Crippen molar-refractivity contribution >= 4 is 17.5 Å². The van der Waals surface area contributed by atoms with Gasteiger partial charge >= 0.3 is 6.18 Å². The maximum atomic E-state index is 13.4. The van der Waals surface area contributed by atoms with Crippen LogP contribution in [0, 0.1) is 5.82 Å². The number of piperidine rings is 1. The maximum Gasteiger partial charge on any atom is 0.419 e. The molecule has 1 N–H and O–H groups in total. The summed E-state index contributed by atoms with van der Waals surface area (Å²) in [6.45, 7) is 1.24. The molecule has 1 aliphatic heterocycles. The van der Waals surface area contributed by atoms with Crippen LogP contribution < -0.4 is 5.32 Å². The zero-order valence-corrected chi connectivity index (χ0v) is 14.9. The summed E-state index contributed by atoms with van der Waals surface area (Å²) in [7, 11) is 0. The summed E-state index contributed by atoms with van der Waals surface area (Å²) in [6.07, 6.45) is -2.07. The van der Waals surface area contributed by atoms with Gasteiger partial charge in [-0.3, -0.25) is 9.59 Å². The van der Waals surface area contributed by atoms with Crippen LogP contribution in [-0.2, 0) is 6.18 Å². The van der Waals surface area contributed by atoms with E-state index in [1.807, 2.05) is 0 Å². The molecule has 1 fully saturated rings. The molecule has 0 bridgehead atoms. The van der Waals surface area contributed by atoms with Crippen LogP contribution in [-0.4, -0.2) is 29.8 Å². The molecule has 1 saturated heterocycles. The second-order valence-corrected chi connectivity index (χ2v) is 6.54. The van der Waals surface area contributed by atoms with Crippen molar-refractivity contribution in [3.8, 4) is 0 Å². The molecule has 0 unspecified atom stereocenters. The van der Waals surface area contributed by atoms with E-state index in [0.717, 1.165) is 25.3 Å². The highest BCUT2D eigenvalue weighted by molar-refractivity contribution is 6.09. The Bertz CT molecular complexity index is 890. The van der Waals surface area contributed by atoms with Crippen molar-refractivity contribution < 1.29 is 27.2 Å². The summed E-state index contributed by atoms with van der Waals surface area (Å²) in [5.41, 5.74) is -1.41. The van der Waals surface area contributed by atoms with Crippen LogP contribution in [0.15, 0.2) is 42.5 Å². The zero-order valence-electron chi connectivity index (χ0n) is 14.9. The van der Waals surface area contributed by atoms with Gasteiger partial charge in [-0.05, 0) is 49.6 Å².